The number of aromatic nitrogens is 3. The first-order chi connectivity index (χ1) is 18.0. The average Bonchev–Trinajstić information content (AvgIpc) is 3.42. The molecule has 1 aliphatic rings. The predicted octanol–water partition coefficient (Wildman–Crippen LogP) is 4.59. The van der Waals surface area contributed by atoms with Crippen LogP contribution in [0.25, 0.3) is 11.6 Å². The number of pyridine rings is 1. The van der Waals surface area contributed by atoms with Crippen molar-refractivity contribution in [2.75, 3.05) is 42.1 Å². The fourth-order valence-electron chi connectivity index (χ4n) is 3.88. The summed E-state index contributed by atoms with van der Waals surface area (Å²) in [6, 6.07) is 20.6. The first-order valence-corrected chi connectivity index (χ1v) is 13.4. The number of carbonyl (C=O) groups excluding carboxylic acids is 2. The normalized spacial score (nSPS) is 13.4. The van der Waals surface area contributed by atoms with Gasteiger partial charge in [0, 0.05) is 53.8 Å². The number of hydrogen-bond donors (Lipinski definition) is 1. The summed E-state index contributed by atoms with van der Waals surface area (Å²) in [6.45, 7) is 2.80. The Morgan fingerprint density at radius 3 is 2.41 bits per heavy atom. The molecule has 0 atom stereocenters. The standard InChI is InChI=1S/C26H23BrN6O3S/c27-19-6-4-18(5-7-19)25(35)33-15-13-32(14-16-33)21-10-8-20(9-11-21)29-23(34)17-37-26-31-30-24(36-26)22-3-1-2-12-28-22/h1-12H,13-17H2,(H,29,34). The Kier molecular flexibility index (Phi) is 7.81. The van der Waals surface area contributed by atoms with Crippen LogP contribution >= 0.6 is 27.7 Å². The summed E-state index contributed by atoms with van der Waals surface area (Å²) in [6.07, 6.45) is 1.65. The van der Waals surface area contributed by atoms with Gasteiger partial charge in [0.15, 0.2) is 0 Å². The summed E-state index contributed by atoms with van der Waals surface area (Å²) >= 11 is 4.57. The lowest BCUT2D eigenvalue weighted by molar-refractivity contribution is -0.113. The van der Waals surface area contributed by atoms with Crippen molar-refractivity contribution in [1.29, 1.82) is 0 Å². The number of rotatable bonds is 7. The number of nitrogens with zero attached hydrogens (tertiary/aromatic N) is 5. The molecule has 2 aromatic carbocycles. The monoisotopic (exact) mass is 578 g/mol. The number of thioether (sulfide) groups is 1. The van der Waals surface area contributed by atoms with E-state index >= 15 is 0 Å². The van der Waals surface area contributed by atoms with Crippen LogP contribution in [0.1, 0.15) is 10.4 Å². The molecule has 0 unspecified atom stereocenters. The van der Waals surface area contributed by atoms with Crippen molar-refractivity contribution >= 4 is 50.9 Å². The zero-order valence-electron chi connectivity index (χ0n) is 19.7. The average molecular weight is 579 g/mol. The van der Waals surface area contributed by atoms with Gasteiger partial charge in [0.1, 0.15) is 5.69 Å². The van der Waals surface area contributed by atoms with Crippen LogP contribution in [0, 0.1) is 0 Å². The van der Waals surface area contributed by atoms with Crippen molar-refractivity contribution in [3.63, 3.8) is 0 Å². The Balaban J connectivity index is 1.08. The van der Waals surface area contributed by atoms with E-state index in [9.17, 15) is 9.59 Å². The van der Waals surface area contributed by atoms with Crippen LogP contribution in [0.2, 0.25) is 0 Å². The summed E-state index contributed by atoms with van der Waals surface area (Å²) in [4.78, 5) is 33.4. The van der Waals surface area contributed by atoms with Crippen molar-refractivity contribution < 1.29 is 14.0 Å². The van der Waals surface area contributed by atoms with Crippen LogP contribution < -0.4 is 10.2 Å². The summed E-state index contributed by atoms with van der Waals surface area (Å²) in [5.41, 5.74) is 3.04. The molecule has 0 radical (unpaired) electrons. The first-order valence-electron chi connectivity index (χ1n) is 11.6. The number of piperazine rings is 1. The van der Waals surface area contributed by atoms with E-state index in [1.165, 1.54) is 11.8 Å². The predicted molar refractivity (Wildman–Crippen MR) is 146 cm³/mol. The van der Waals surface area contributed by atoms with Crippen molar-refractivity contribution in [1.82, 2.24) is 20.1 Å². The van der Waals surface area contributed by atoms with Gasteiger partial charge in [-0.3, -0.25) is 14.6 Å². The third kappa shape index (κ3) is 6.36. The van der Waals surface area contributed by atoms with Crippen LogP contribution in [0.4, 0.5) is 11.4 Å². The summed E-state index contributed by atoms with van der Waals surface area (Å²) in [5.74, 6) is 0.338. The van der Waals surface area contributed by atoms with Gasteiger partial charge in [0.2, 0.25) is 5.91 Å². The van der Waals surface area contributed by atoms with E-state index in [1.807, 2.05) is 59.5 Å². The molecule has 2 amide bonds. The van der Waals surface area contributed by atoms with Gasteiger partial charge in [0.05, 0.1) is 5.75 Å². The second-order valence-electron chi connectivity index (χ2n) is 8.26. The van der Waals surface area contributed by atoms with Crippen molar-refractivity contribution in [2.24, 2.45) is 0 Å². The highest BCUT2D eigenvalue weighted by Gasteiger charge is 2.22. The number of anilines is 2. The third-order valence-corrected chi connectivity index (χ3v) is 7.14. The van der Waals surface area contributed by atoms with Crippen molar-refractivity contribution in [3.8, 4) is 11.6 Å². The summed E-state index contributed by atoms with van der Waals surface area (Å²) < 4.78 is 6.52. The molecule has 1 N–H and O–H groups in total. The fourth-order valence-corrected chi connectivity index (χ4v) is 4.71. The molecule has 0 bridgehead atoms. The Labute approximate surface area is 226 Å². The van der Waals surface area contributed by atoms with E-state index < -0.39 is 0 Å². The quantitative estimate of drug-likeness (QED) is 0.317. The molecule has 1 aliphatic heterocycles. The topological polar surface area (TPSA) is 104 Å². The molecular formula is C26H23BrN6O3S. The van der Waals surface area contributed by atoms with Gasteiger partial charge in [-0.05, 0) is 60.7 Å². The molecule has 11 heteroatoms. The van der Waals surface area contributed by atoms with Crippen LogP contribution in [-0.2, 0) is 4.79 Å². The Morgan fingerprint density at radius 2 is 1.70 bits per heavy atom. The molecule has 0 saturated carbocycles. The number of amides is 2. The smallest absolute Gasteiger partial charge is 0.277 e. The molecule has 0 spiro atoms. The van der Waals surface area contributed by atoms with E-state index in [4.69, 9.17) is 4.42 Å². The summed E-state index contributed by atoms with van der Waals surface area (Å²) in [7, 11) is 0. The van der Waals surface area contributed by atoms with Crippen molar-refractivity contribution in [2.45, 2.75) is 5.22 Å². The maximum absolute atomic E-state index is 12.7. The number of benzene rings is 2. The van der Waals surface area contributed by atoms with Crippen LogP contribution in [-0.4, -0.2) is 63.8 Å². The Morgan fingerprint density at radius 1 is 0.946 bits per heavy atom. The van der Waals surface area contributed by atoms with Crippen LogP contribution in [0.15, 0.2) is 87.0 Å². The van der Waals surface area contributed by atoms with E-state index in [0.29, 0.717) is 41.1 Å². The minimum absolute atomic E-state index is 0.0524. The minimum Gasteiger partial charge on any atom is -0.410 e. The molecule has 1 saturated heterocycles. The molecular weight excluding hydrogens is 556 g/mol. The van der Waals surface area contributed by atoms with Gasteiger partial charge in [-0.25, -0.2) is 0 Å². The van der Waals surface area contributed by atoms with Gasteiger partial charge in [-0.2, -0.15) is 0 Å². The maximum atomic E-state index is 12.7. The molecule has 37 heavy (non-hydrogen) atoms. The first kappa shape index (κ1) is 25.0. The van der Waals surface area contributed by atoms with Gasteiger partial charge in [0.25, 0.3) is 17.0 Å². The molecule has 1 fully saturated rings. The molecule has 2 aromatic heterocycles. The van der Waals surface area contributed by atoms with E-state index in [-0.39, 0.29) is 17.6 Å². The number of nitrogens with one attached hydrogen (secondary N) is 1. The highest BCUT2D eigenvalue weighted by molar-refractivity contribution is 9.10. The molecule has 3 heterocycles. The van der Waals surface area contributed by atoms with Gasteiger partial charge in [-0.1, -0.05) is 33.8 Å². The molecule has 188 valence electrons. The van der Waals surface area contributed by atoms with E-state index in [1.54, 1.807) is 18.3 Å². The maximum Gasteiger partial charge on any atom is 0.277 e. The molecule has 5 rings (SSSR count). The second kappa shape index (κ2) is 11.6. The Bertz CT molecular complexity index is 1360. The lowest BCUT2D eigenvalue weighted by atomic mass is 10.1. The zero-order chi connectivity index (χ0) is 25.6. The third-order valence-electron chi connectivity index (χ3n) is 5.79. The Hall–Kier alpha value is -3.70. The fraction of sp³-hybridized carbons (Fsp3) is 0.192. The molecule has 0 aliphatic carbocycles. The summed E-state index contributed by atoms with van der Waals surface area (Å²) in [5, 5.41) is 11.1. The number of hydrogen-bond acceptors (Lipinski definition) is 8. The van der Waals surface area contributed by atoms with Gasteiger partial charge in [-0.15, -0.1) is 10.2 Å². The van der Waals surface area contributed by atoms with Crippen LogP contribution in [0.5, 0.6) is 0 Å². The minimum atomic E-state index is -0.171. The highest BCUT2D eigenvalue weighted by atomic mass is 79.9. The zero-order valence-corrected chi connectivity index (χ0v) is 22.1. The van der Waals surface area contributed by atoms with Crippen molar-refractivity contribution in [3.05, 3.63) is 83.0 Å². The van der Waals surface area contributed by atoms with E-state index in [2.05, 4.69) is 41.3 Å². The molecule has 9 nitrogen and oxygen atoms in total. The number of halogens is 1. The van der Waals surface area contributed by atoms with Crippen LogP contribution in [0.3, 0.4) is 0 Å². The second-order valence-corrected chi connectivity index (χ2v) is 10.1. The lowest BCUT2D eigenvalue weighted by Crippen LogP contribution is -2.48. The number of carbonyl (C=O) groups is 2. The largest absolute Gasteiger partial charge is 0.410 e. The van der Waals surface area contributed by atoms with Gasteiger partial charge < -0.3 is 19.5 Å². The van der Waals surface area contributed by atoms with Gasteiger partial charge >= 0.3 is 0 Å². The highest BCUT2D eigenvalue weighted by Crippen LogP contribution is 2.23. The SMILES string of the molecule is O=C(CSc1nnc(-c2ccccn2)o1)Nc1ccc(N2CCN(C(=O)c3ccc(Br)cc3)CC2)cc1. The lowest BCUT2D eigenvalue weighted by Gasteiger charge is -2.36. The molecule has 4 aromatic rings. The van der Waals surface area contributed by atoms with E-state index in [0.717, 1.165) is 23.2 Å².